The molecular weight excluding hydrogens is 306 g/mol. The second kappa shape index (κ2) is 9.74. The molecule has 1 aliphatic rings. The van der Waals surface area contributed by atoms with Crippen molar-refractivity contribution in [2.24, 2.45) is 5.73 Å². The van der Waals surface area contributed by atoms with Crippen LogP contribution in [0.3, 0.4) is 0 Å². The minimum Gasteiger partial charge on any atom is -0.395 e. The molecular formula is C18H29N3O3. The van der Waals surface area contributed by atoms with E-state index in [1.165, 1.54) is 0 Å². The number of benzene rings is 1. The molecule has 0 bridgehead atoms. The van der Waals surface area contributed by atoms with Gasteiger partial charge in [0.25, 0.3) is 0 Å². The highest BCUT2D eigenvalue weighted by Crippen LogP contribution is 2.12. The molecule has 6 nitrogen and oxygen atoms in total. The van der Waals surface area contributed by atoms with E-state index in [9.17, 15) is 4.79 Å². The van der Waals surface area contributed by atoms with E-state index >= 15 is 0 Å². The van der Waals surface area contributed by atoms with Gasteiger partial charge in [0.15, 0.2) is 0 Å². The first-order chi connectivity index (χ1) is 11.6. The molecule has 1 aromatic carbocycles. The predicted octanol–water partition coefficient (Wildman–Crippen LogP) is -0.0346. The van der Waals surface area contributed by atoms with E-state index < -0.39 is 6.04 Å². The highest BCUT2D eigenvalue weighted by atomic mass is 16.3. The van der Waals surface area contributed by atoms with Gasteiger partial charge in [-0.15, -0.1) is 0 Å². The van der Waals surface area contributed by atoms with Gasteiger partial charge in [0, 0.05) is 32.7 Å². The normalized spacial score (nSPS) is 15.9. The summed E-state index contributed by atoms with van der Waals surface area (Å²) >= 11 is 0. The number of aliphatic hydroxyl groups excluding tert-OH is 2. The van der Waals surface area contributed by atoms with Crippen LogP contribution in [0.25, 0.3) is 0 Å². The average molecular weight is 335 g/mol. The first-order valence-electron chi connectivity index (χ1n) is 8.70. The van der Waals surface area contributed by atoms with Crippen molar-refractivity contribution in [2.75, 3.05) is 39.4 Å². The zero-order valence-corrected chi connectivity index (χ0v) is 14.2. The predicted molar refractivity (Wildman–Crippen MR) is 93.4 cm³/mol. The number of rotatable bonds is 9. The monoisotopic (exact) mass is 335 g/mol. The van der Waals surface area contributed by atoms with Crippen LogP contribution in [-0.2, 0) is 17.8 Å². The Balaban J connectivity index is 1.87. The molecule has 1 unspecified atom stereocenters. The fraction of sp³-hybridized carbons (Fsp3) is 0.611. The van der Waals surface area contributed by atoms with Crippen molar-refractivity contribution in [2.45, 2.75) is 31.8 Å². The molecule has 0 aromatic heterocycles. The Kier molecular flexibility index (Phi) is 7.65. The standard InChI is InChI=1S/C18H29N3O3/c19-17(18(24)21-7-1-2-8-21)13-15-3-5-16(6-4-15)14-20(9-11-22)10-12-23/h3-6,17,22-23H,1-2,7-14,19H2. The SMILES string of the molecule is NC(Cc1ccc(CN(CCO)CCO)cc1)C(=O)N1CCCC1. The number of hydrogen-bond acceptors (Lipinski definition) is 5. The van der Waals surface area contributed by atoms with Gasteiger partial charge in [0.1, 0.15) is 0 Å². The highest BCUT2D eigenvalue weighted by Gasteiger charge is 2.23. The molecule has 1 saturated heterocycles. The lowest BCUT2D eigenvalue weighted by atomic mass is 10.0. The van der Waals surface area contributed by atoms with Crippen LogP contribution in [0, 0.1) is 0 Å². The van der Waals surface area contributed by atoms with E-state index in [2.05, 4.69) is 0 Å². The van der Waals surface area contributed by atoms with Gasteiger partial charge in [-0.3, -0.25) is 9.69 Å². The molecule has 2 rings (SSSR count). The number of aliphatic hydroxyl groups is 2. The first kappa shape index (κ1) is 18.9. The molecule has 1 aliphatic heterocycles. The summed E-state index contributed by atoms with van der Waals surface area (Å²) in [4.78, 5) is 16.1. The van der Waals surface area contributed by atoms with E-state index in [1.807, 2.05) is 34.1 Å². The molecule has 0 radical (unpaired) electrons. The Morgan fingerprint density at radius 3 is 2.17 bits per heavy atom. The quantitative estimate of drug-likeness (QED) is 0.589. The van der Waals surface area contributed by atoms with E-state index in [0.717, 1.165) is 37.1 Å². The Morgan fingerprint density at radius 2 is 1.62 bits per heavy atom. The van der Waals surface area contributed by atoms with Gasteiger partial charge in [-0.1, -0.05) is 24.3 Å². The van der Waals surface area contributed by atoms with E-state index in [0.29, 0.717) is 26.1 Å². The minimum atomic E-state index is -0.478. The third kappa shape index (κ3) is 5.56. The van der Waals surface area contributed by atoms with Crippen molar-refractivity contribution >= 4 is 5.91 Å². The number of carbonyl (C=O) groups is 1. The molecule has 0 saturated carbocycles. The molecule has 4 N–H and O–H groups in total. The summed E-state index contributed by atoms with van der Waals surface area (Å²) in [5.41, 5.74) is 8.23. The third-order valence-corrected chi connectivity index (χ3v) is 4.45. The maximum Gasteiger partial charge on any atom is 0.239 e. The molecule has 1 atom stereocenters. The summed E-state index contributed by atoms with van der Waals surface area (Å²) in [7, 11) is 0. The van der Waals surface area contributed by atoms with Crippen LogP contribution in [0.4, 0.5) is 0 Å². The summed E-state index contributed by atoms with van der Waals surface area (Å²) in [6, 6.07) is 7.56. The Bertz CT molecular complexity index is 495. The maximum atomic E-state index is 12.3. The smallest absolute Gasteiger partial charge is 0.239 e. The summed E-state index contributed by atoms with van der Waals surface area (Å²) in [5.74, 6) is 0.0497. The molecule has 0 spiro atoms. The van der Waals surface area contributed by atoms with Gasteiger partial charge < -0.3 is 20.8 Å². The highest BCUT2D eigenvalue weighted by molar-refractivity contribution is 5.82. The summed E-state index contributed by atoms with van der Waals surface area (Å²) in [6.07, 6.45) is 2.70. The van der Waals surface area contributed by atoms with Crippen molar-refractivity contribution in [3.05, 3.63) is 35.4 Å². The molecule has 1 aromatic rings. The Labute approximate surface area is 143 Å². The molecule has 1 heterocycles. The van der Waals surface area contributed by atoms with Crippen LogP contribution in [0.15, 0.2) is 24.3 Å². The van der Waals surface area contributed by atoms with Crippen molar-refractivity contribution in [1.29, 1.82) is 0 Å². The number of amides is 1. The Hall–Kier alpha value is -1.47. The van der Waals surface area contributed by atoms with Crippen LogP contribution in [-0.4, -0.2) is 71.4 Å². The van der Waals surface area contributed by atoms with Crippen LogP contribution in [0.5, 0.6) is 0 Å². The van der Waals surface area contributed by atoms with Crippen LogP contribution in [0.1, 0.15) is 24.0 Å². The van der Waals surface area contributed by atoms with E-state index in [1.54, 1.807) is 0 Å². The lowest BCUT2D eigenvalue weighted by molar-refractivity contribution is -0.131. The number of nitrogens with zero attached hydrogens (tertiary/aromatic N) is 2. The fourth-order valence-electron chi connectivity index (χ4n) is 3.10. The zero-order valence-electron chi connectivity index (χ0n) is 14.2. The number of nitrogens with two attached hydrogens (primary N) is 1. The van der Waals surface area contributed by atoms with Gasteiger partial charge in [0.2, 0.25) is 5.91 Å². The lowest BCUT2D eigenvalue weighted by Crippen LogP contribution is -2.43. The van der Waals surface area contributed by atoms with Crippen molar-refractivity contribution in [3.63, 3.8) is 0 Å². The topological polar surface area (TPSA) is 90.0 Å². The van der Waals surface area contributed by atoms with Gasteiger partial charge in [-0.05, 0) is 30.4 Å². The molecule has 1 amide bonds. The average Bonchev–Trinajstić information content (AvgIpc) is 3.11. The molecule has 0 aliphatic carbocycles. The van der Waals surface area contributed by atoms with Crippen LogP contribution >= 0.6 is 0 Å². The van der Waals surface area contributed by atoms with Crippen molar-refractivity contribution in [3.8, 4) is 0 Å². The van der Waals surface area contributed by atoms with Gasteiger partial charge in [-0.25, -0.2) is 0 Å². The summed E-state index contributed by atoms with van der Waals surface area (Å²) in [5, 5.41) is 18.1. The van der Waals surface area contributed by atoms with Crippen LogP contribution < -0.4 is 5.73 Å². The largest absolute Gasteiger partial charge is 0.395 e. The second-order valence-electron chi connectivity index (χ2n) is 6.38. The van der Waals surface area contributed by atoms with Crippen molar-refractivity contribution < 1.29 is 15.0 Å². The summed E-state index contributed by atoms with van der Waals surface area (Å²) in [6.45, 7) is 3.57. The lowest BCUT2D eigenvalue weighted by Gasteiger charge is -2.21. The van der Waals surface area contributed by atoms with Crippen LogP contribution in [0.2, 0.25) is 0 Å². The maximum absolute atomic E-state index is 12.3. The zero-order chi connectivity index (χ0) is 17.4. The number of carbonyl (C=O) groups excluding carboxylic acids is 1. The molecule has 6 heteroatoms. The van der Waals surface area contributed by atoms with Crippen molar-refractivity contribution in [1.82, 2.24) is 9.80 Å². The fourth-order valence-corrected chi connectivity index (χ4v) is 3.10. The van der Waals surface area contributed by atoms with Gasteiger partial charge in [-0.2, -0.15) is 0 Å². The molecule has 1 fully saturated rings. The number of likely N-dealkylation sites (tertiary alicyclic amines) is 1. The molecule has 24 heavy (non-hydrogen) atoms. The first-order valence-corrected chi connectivity index (χ1v) is 8.70. The Morgan fingerprint density at radius 1 is 1.08 bits per heavy atom. The van der Waals surface area contributed by atoms with Gasteiger partial charge in [0.05, 0.1) is 19.3 Å². The number of hydrogen-bond donors (Lipinski definition) is 3. The van der Waals surface area contributed by atoms with E-state index in [4.69, 9.17) is 15.9 Å². The third-order valence-electron chi connectivity index (χ3n) is 4.45. The summed E-state index contributed by atoms with van der Waals surface area (Å²) < 4.78 is 0. The second-order valence-corrected chi connectivity index (χ2v) is 6.38. The van der Waals surface area contributed by atoms with Gasteiger partial charge >= 0.3 is 0 Å². The minimum absolute atomic E-state index is 0.0497. The molecule has 134 valence electrons. The van der Waals surface area contributed by atoms with E-state index in [-0.39, 0.29) is 19.1 Å².